The van der Waals surface area contributed by atoms with Crippen LogP contribution in [0.3, 0.4) is 0 Å². The van der Waals surface area contributed by atoms with E-state index < -0.39 is 11.4 Å². The largest absolute Gasteiger partial charge is 0.481 e. The van der Waals surface area contributed by atoms with Gasteiger partial charge in [-0.25, -0.2) is 0 Å². The Bertz CT molecular complexity index is 450. The van der Waals surface area contributed by atoms with Gasteiger partial charge in [-0.05, 0) is 26.3 Å². The highest BCUT2D eigenvalue weighted by molar-refractivity contribution is 6.30. The Kier molecular flexibility index (Phi) is 3.14. The Morgan fingerprint density at radius 1 is 1.71 bits per heavy atom. The SMILES string of the molecule is Cc1nn(C)c(Cl)c1CC1(C(=O)O)CCNC1. The summed E-state index contributed by atoms with van der Waals surface area (Å²) in [6.45, 7) is 3.09. The average molecular weight is 258 g/mol. The highest BCUT2D eigenvalue weighted by Crippen LogP contribution is 2.34. The number of aliphatic carboxylic acids is 1. The van der Waals surface area contributed by atoms with Crippen LogP contribution in [0.5, 0.6) is 0 Å². The number of carbonyl (C=O) groups is 1. The zero-order valence-electron chi connectivity index (χ0n) is 9.96. The van der Waals surface area contributed by atoms with Crippen molar-refractivity contribution in [1.29, 1.82) is 0 Å². The van der Waals surface area contributed by atoms with E-state index in [0.717, 1.165) is 17.8 Å². The summed E-state index contributed by atoms with van der Waals surface area (Å²) in [6.07, 6.45) is 1.07. The van der Waals surface area contributed by atoms with Crippen molar-refractivity contribution in [1.82, 2.24) is 15.1 Å². The zero-order chi connectivity index (χ0) is 12.6. The molecular weight excluding hydrogens is 242 g/mol. The maximum atomic E-state index is 11.4. The first-order valence-corrected chi connectivity index (χ1v) is 5.96. The molecule has 2 rings (SSSR count). The van der Waals surface area contributed by atoms with Crippen molar-refractivity contribution in [3.05, 3.63) is 16.4 Å². The number of halogens is 1. The van der Waals surface area contributed by atoms with Crippen LogP contribution in [0.15, 0.2) is 0 Å². The van der Waals surface area contributed by atoms with Crippen LogP contribution in [0.2, 0.25) is 5.15 Å². The van der Waals surface area contributed by atoms with Gasteiger partial charge in [0.05, 0.1) is 11.1 Å². The van der Waals surface area contributed by atoms with Crippen molar-refractivity contribution in [3.8, 4) is 0 Å². The van der Waals surface area contributed by atoms with Gasteiger partial charge in [-0.15, -0.1) is 0 Å². The van der Waals surface area contributed by atoms with Crippen LogP contribution in [0.1, 0.15) is 17.7 Å². The third kappa shape index (κ3) is 2.05. The summed E-state index contributed by atoms with van der Waals surface area (Å²) >= 11 is 6.15. The van der Waals surface area contributed by atoms with Crippen molar-refractivity contribution < 1.29 is 9.90 Å². The van der Waals surface area contributed by atoms with Crippen molar-refractivity contribution in [2.45, 2.75) is 19.8 Å². The van der Waals surface area contributed by atoms with E-state index in [-0.39, 0.29) is 0 Å². The molecule has 1 aromatic rings. The highest BCUT2D eigenvalue weighted by atomic mass is 35.5. The smallest absolute Gasteiger partial charge is 0.311 e. The quantitative estimate of drug-likeness (QED) is 0.848. The van der Waals surface area contributed by atoms with Gasteiger partial charge in [0.1, 0.15) is 5.15 Å². The second-order valence-corrected chi connectivity index (χ2v) is 5.03. The van der Waals surface area contributed by atoms with E-state index in [0.29, 0.717) is 24.5 Å². The summed E-state index contributed by atoms with van der Waals surface area (Å²) < 4.78 is 1.59. The van der Waals surface area contributed by atoms with Crippen LogP contribution in [-0.4, -0.2) is 33.9 Å². The Hall–Kier alpha value is -1.07. The van der Waals surface area contributed by atoms with Gasteiger partial charge in [-0.3, -0.25) is 9.48 Å². The van der Waals surface area contributed by atoms with Crippen LogP contribution in [0, 0.1) is 12.3 Å². The molecule has 0 bridgehead atoms. The number of aromatic nitrogens is 2. The van der Waals surface area contributed by atoms with Crippen LogP contribution in [-0.2, 0) is 18.3 Å². The summed E-state index contributed by atoms with van der Waals surface area (Å²) in [4.78, 5) is 11.4. The molecule has 0 aliphatic carbocycles. The zero-order valence-corrected chi connectivity index (χ0v) is 10.7. The lowest BCUT2D eigenvalue weighted by atomic mass is 9.81. The van der Waals surface area contributed by atoms with Crippen molar-refractivity contribution in [2.24, 2.45) is 12.5 Å². The van der Waals surface area contributed by atoms with Crippen molar-refractivity contribution >= 4 is 17.6 Å². The molecule has 1 fully saturated rings. The number of nitrogens with zero attached hydrogens (tertiary/aromatic N) is 2. The first-order valence-electron chi connectivity index (χ1n) is 5.58. The van der Waals surface area contributed by atoms with Crippen LogP contribution in [0.4, 0.5) is 0 Å². The van der Waals surface area contributed by atoms with E-state index in [9.17, 15) is 9.90 Å². The Balaban J connectivity index is 2.33. The van der Waals surface area contributed by atoms with Crippen molar-refractivity contribution in [2.75, 3.05) is 13.1 Å². The summed E-state index contributed by atoms with van der Waals surface area (Å²) in [5.41, 5.74) is 0.919. The number of hydrogen-bond acceptors (Lipinski definition) is 3. The third-order valence-corrected chi connectivity index (χ3v) is 3.96. The molecule has 1 aromatic heterocycles. The fourth-order valence-electron chi connectivity index (χ4n) is 2.37. The molecule has 0 spiro atoms. The maximum absolute atomic E-state index is 11.4. The van der Waals surface area contributed by atoms with Gasteiger partial charge in [-0.1, -0.05) is 11.6 Å². The Morgan fingerprint density at radius 2 is 2.41 bits per heavy atom. The van der Waals surface area contributed by atoms with Gasteiger partial charge in [0.25, 0.3) is 0 Å². The van der Waals surface area contributed by atoms with Crippen LogP contribution in [0.25, 0.3) is 0 Å². The molecule has 2 heterocycles. The Morgan fingerprint density at radius 3 is 2.82 bits per heavy atom. The van der Waals surface area contributed by atoms with Crippen LogP contribution >= 0.6 is 11.6 Å². The number of nitrogens with one attached hydrogen (secondary N) is 1. The lowest BCUT2D eigenvalue weighted by Crippen LogP contribution is -2.35. The fourth-order valence-corrected chi connectivity index (χ4v) is 2.61. The lowest BCUT2D eigenvalue weighted by molar-refractivity contribution is -0.147. The van der Waals surface area contributed by atoms with E-state index in [1.807, 2.05) is 6.92 Å². The first kappa shape index (κ1) is 12.4. The molecule has 0 amide bonds. The van der Waals surface area contributed by atoms with E-state index in [1.165, 1.54) is 0 Å². The van der Waals surface area contributed by atoms with E-state index in [4.69, 9.17) is 11.6 Å². The minimum atomic E-state index is -0.762. The van der Waals surface area contributed by atoms with Crippen molar-refractivity contribution in [3.63, 3.8) is 0 Å². The normalized spacial score (nSPS) is 24.2. The number of aryl methyl sites for hydroxylation is 2. The molecule has 17 heavy (non-hydrogen) atoms. The molecule has 1 unspecified atom stereocenters. The highest BCUT2D eigenvalue weighted by Gasteiger charge is 2.42. The minimum Gasteiger partial charge on any atom is -0.481 e. The third-order valence-electron chi connectivity index (χ3n) is 3.48. The van der Waals surface area contributed by atoms with Gasteiger partial charge < -0.3 is 10.4 Å². The molecule has 2 N–H and O–H groups in total. The molecule has 0 saturated carbocycles. The number of rotatable bonds is 3. The topological polar surface area (TPSA) is 67.2 Å². The first-order chi connectivity index (χ1) is 7.96. The fraction of sp³-hybridized carbons (Fsp3) is 0.636. The maximum Gasteiger partial charge on any atom is 0.311 e. The monoisotopic (exact) mass is 257 g/mol. The number of carboxylic acid groups (broad SMARTS) is 1. The van der Waals surface area contributed by atoms with Gasteiger partial charge in [0.15, 0.2) is 0 Å². The molecule has 0 aromatic carbocycles. The predicted molar refractivity (Wildman–Crippen MR) is 64.2 cm³/mol. The Labute approximate surface area is 105 Å². The summed E-state index contributed by atoms with van der Waals surface area (Å²) in [5.74, 6) is -0.762. The van der Waals surface area contributed by atoms with E-state index in [1.54, 1.807) is 11.7 Å². The molecule has 1 aliphatic rings. The average Bonchev–Trinajstić information content (AvgIpc) is 2.81. The molecular formula is C11H16ClN3O2. The lowest BCUT2D eigenvalue weighted by Gasteiger charge is -2.22. The molecule has 5 nitrogen and oxygen atoms in total. The van der Waals surface area contributed by atoms with E-state index in [2.05, 4.69) is 10.4 Å². The van der Waals surface area contributed by atoms with E-state index >= 15 is 0 Å². The minimum absolute atomic E-state index is 0.438. The number of hydrogen-bond donors (Lipinski definition) is 2. The summed E-state index contributed by atoms with van der Waals surface area (Å²) in [5, 5.41) is 17.3. The predicted octanol–water partition coefficient (Wildman–Crippen LogP) is 0.989. The number of carboxylic acids is 1. The summed E-state index contributed by atoms with van der Waals surface area (Å²) in [6, 6.07) is 0. The molecule has 6 heteroatoms. The molecule has 94 valence electrons. The second kappa shape index (κ2) is 4.31. The van der Waals surface area contributed by atoms with Gasteiger partial charge in [0, 0.05) is 19.2 Å². The van der Waals surface area contributed by atoms with Gasteiger partial charge in [-0.2, -0.15) is 5.10 Å². The van der Waals surface area contributed by atoms with Gasteiger partial charge >= 0.3 is 5.97 Å². The molecule has 1 aliphatic heterocycles. The molecule has 1 atom stereocenters. The molecule has 0 radical (unpaired) electrons. The van der Waals surface area contributed by atoms with Crippen LogP contribution < -0.4 is 5.32 Å². The summed E-state index contributed by atoms with van der Waals surface area (Å²) in [7, 11) is 1.76. The molecule has 1 saturated heterocycles. The van der Waals surface area contributed by atoms with Gasteiger partial charge in [0.2, 0.25) is 0 Å². The standard InChI is InChI=1S/C11H16ClN3O2/c1-7-8(9(12)15(2)14-7)5-11(10(16)17)3-4-13-6-11/h13H,3-6H2,1-2H3,(H,16,17). The second-order valence-electron chi connectivity index (χ2n) is 4.67.